The van der Waals surface area contributed by atoms with Gasteiger partial charge in [-0.25, -0.2) is 4.39 Å². The Hall–Kier alpha value is -4.20. The predicted molar refractivity (Wildman–Crippen MR) is 113 cm³/mol. The van der Waals surface area contributed by atoms with E-state index in [2.05, 4.69) is 4.98 Å². The molecule has 2 N–H and O–H groups in total. The zero-order valence-corrected chi connectivity index (χ0v) is 17.0. The van der Waals surface area contributed by atoms with Crippen LogP contribution in [0, 0.1) is 5.82 Å². The van der Waals surface area contributed by atoms with E-state index in [9.17, 15) is 24.2 Å². The Balaban J connectivity index is 1.87. The number of methoxy groups -OCH3 is 1. The summed E-state index contributed by atoms with van der Waals surface area (Å²) in [5, 5.41) is 21.0. The molecule has 1 saturated heterocycles. The number of halogens is 1. The van der Waals surface area contributed by atoms with Gasteiger partial charge in [-0.3, -0.25) is 14.6 Å². The number of amides is 1. The number of aliphatic hydroxyl groups is 1. The summed E-state index contributed by atoms with van der Waals surface area (Å²) in [4.78, 5) is 31.2. The first kappa shape index (κ1) is 21.0. The van der Waals surface area contributed by atoms with Crippen molar-refractivity contribution in [2.45, 2.75) is 12.6 Å². The normalized spacial score (nSPS) is 17.6. The summed E-state index contributed by atoms with van der Waals surface area (Å²) in [5.74, 6) is -3.05. The lowest BCUT2D eigenvalue weighted by atomic mass is 9.95. The Morgan fingerprint density at radius 2 is 1.88 bits per heavy atom. The number of carbonyl (C=O) groups excluding carboxylic acids is 2. The summed E-state index contributed by atoms with van der Waals surface area (Å²) < 4.78 is 19.1. The van der Waals surface area contributed by atoms with Crippen LogP contribution in [0.15, 0.2) is 72.6 Å². The van der Waals surface area contributed by atoms with Crippen LogP contribution in [0.3, 0.4) is 0 Å². The number of hydrogen-bond donors (Lipinski definition) is 2. The molecule has 0 radical (unpaired) electrons. The molecular formula is C24H19FN2O5. The standard InChI is InChI=1S/C24H19FN2O5/c1-32-19-6-5-16(12-18(19)25)22(29)20-21(15-3-2-4-17(28)11-15)27(24(31)23(20)30)13-14-7-9-26-10-8-14/h2-12,21,28-29H,13H2,1H3. The van der Waals surface area contributed by atoms with E-state index in [0.29, 0.717) is 5.56 Å². The average molecular weight is 434 g/mol. The Labute approximate surface area is 183 Å². The molecule has 1 aliphatic heterocycles. The van der Waals surface area contributed by atoms with Gasteiger partial charge in [0, 0.05) is 24.5 Å². The summed E-state index contributed by atoms with van der Waals surface area (Å²) in [6.07, 6.45) is 3.13. The van der Waals surface area contributed by atoms with Crippen molar-refractivity contribution in [1.29, 1.82) is 0 Å². The van der Waals surface area contributed by atoms with Crippen LogP contribution in [-0.2, 0) is 16.1 Å². The maximum atomic E-state index is 14.2. The lowest BCUT2D eigenvalue weighted by Gasteiger charge is -2.25. The number of hydrogen-bond acceptors (Lipinski definition) is 6. The highest BCUT2D eigenvalue weighted by Gasteiger charge is 2.46. The first-order valence-electron chi connectivity index (χ1n) is 9.71. The molecule has 2 aromatic carbocycles. The van der Waals surface area contributed by atoms with Crippen molar-refractivity contribution in [2.75, 3.05) is 7.11 Å². The molecule has 2 heterocycles. The van der Waals surface area contributed by atoms with Gasteiger partial charge in [0.2, 0.25) is 0 Å². The zero-order chi connectivity index (χ0) is 22.8. The molecule has 1 fully saturated rings. The molecule has 0 bridgehead atoms. The van der Waals surface area contributed by atoms with Gasteiger partial charge in [-0.15, -0.1) is 0 Å². The van der Waals surface area contributed by atoms with Gasteiger partial charge in [0.05, 0.1) is 18.7 Å². The quantitative estimate of drug-likeness (QED) is 0.362. The van der Waals surface area contributed by atoms with Crippen LogP contribution in [0.5, 0.6) is 11.5 Å². The second kappa shape index (κ2) is 8.50. The molecule has 162 valence electrons. The van der Waals surface area contributed by atoms with E-state index in [-0.39, 0.29) is 29.2 Å². The van der Waals surface area contributed by atoms with Crippen LogP contribution < -0.4 is 4.74 Å². The van der Waals surface area contributed by atoms with E-state index in [1.807, 2.05) is 0 Å². The molecule has 1 amide bonds. The lowest BCUT2D eigenvalue weighted by molar-refractivity contribution is -0.140. The van der Waals surface area contributed by atoms with Crippen molar-refractivity contribution in [1.82, 2.24) is 9.88 Å². The van der Waals surface area contributed by atoms with Gasteiger partial charge in [-0.2, -0.15) is 0 Å². The number of phenols is 1. The first-order chi connectivity index (χ1) is 15.4. The number of aromatic hydroxyl groups is 1. The van der Waals surface area contributed by atoms with Crippen LogP contribution in [0.25, 0.3) is 5.76 Å². The fraction of sp³-hybridized carbons (Fsp3) is 0.125. The zero-order valence-electron chi connectivity index (χ0n) is 17.0. The third-order valence-corrected chi connectivity index (χ3v) is 5.25. The van der Waals surface area contributed by atoms with Crippen molar-refractivity contribution < 1.29 is 28.9 Å². The molecule has 32 heavy (non-hydrogen) atoms. The summed E-state index contributed by atoms with van der Waals surface area (Å²) in [6.45, 7) is 0.0706. The van der Waals surface area contributed by atoms with Crippen LogP contribution in [0.1, 0.15) is 22.7 Å². The minimum Gasteiger partial charge on any atom is -0.508 e. The minimum atomic E-state index is -0.986. The van der Waals surface area contributed by atoms with Crippen molar-refractivity contribution >= 4 is 17.4 Å². The van der Waals surface area contributed by atoms with Gasteiger partial charge in [-0.1, -0.05) is 12.1 Å². The molecule has 7 nitrogen and oxygen atoms in total. The van der Waals surface area contributed by atoms with E-state index in [4.69, 9.17) is 4.74 Å². The van der Waals surface area contributed by atoms with Crippen LogP contribution >= 0.6 is 0 Å². The number of phenolic OH excluding ortho intramolecular Hbond substituents is 1. The van der Waals surface area contributed by atoms with E-state index >= 15 is 0 Å². The van der Waals surface area contributed by atoms with Gasteiger partial charge < -0.3 is 19.8 Å². The van der Waals surface area contributed by atoms with Gasteiger partial charge in [0.25, 0.3) is 11.7 Å². The van der Waals surface area contributed by atoms with E-state index in [1.165, 1.54) is 36.3 Å². The van der Waals surface area contributed by atoms with Crippen molar-refractivity contribution in [2.24, 2.45) is 0 Å². The fourth-order valence-electron chi connectivity index (χ4n) is 3.74. The third-order valence-electron chi connectivity index (χ3n) is 5.25. The Kier molecular flexibility index (Phi) is 5.59. The lowest BCUT2D eigenvalue weighted by Crippen LogP contribution is -2.29. The number of nitrogens with zero attached hydrogens (tertiary/aromatic N) is 2. The van der Waals surface area contributed by atoms with Crippen LogP contribution in [0.4, 0.5) is 4.39 Å². The highest BCUT2D eigenvalue weighted by molar-refractivity contribution is 6.46. The number of benzene rings is 2. The molecule has 8 heteroatoms. The highest BCUT2D eigenvalue weighted by Crippen LogP contribution is 2.41. The fourth-order valence-corrected chi connectivity index (χ4v) is 3.74. The van der Waals surface area contributed by atoms with Crippen molar-refractivity contribution in [3.63, 3.8) is 0 Å². The largest absolute Gasteiger partial charge is 0.508 e. The maximum Gasteiger partial charge on any atom is 0.295 e. The van der Waals surface area contributed by atoms with Crippen molar-refractivity contribution in [3.8, 4) is 11.5 Å². The molecule has 1 aromatic heterocycles. The number of aromatic nitrogens is 1. The smallest absolute Gasteiger partial charge is 0.295 e. The molecular weight excluding hydrogens is 415 g/mol. The molecule has 0 aliphatic carbocycles. The number of ether oxygens (including phenoxy) is 1. The number of likely N-dealkylation sites (tertiary alicyclic amines) is 1. The topological polar surface area (TPSA) is 100.0 Å². The predicted octanol–water partition coefficient (Wildman–Crippen LogP) is 3.56. The number of rotatable bonds is 5. The summed E-state index contributed by atoms with van der Waals surface area (Å²) in [6, 6.07) is 12.3. The molecule has 0 spiro atoms. The van der Waals surface area contributed by atoms with E-state index in [1.54, 1.807) is 36.7 Å². The second-order valence-electron chi connectivity index (χ2n) is 7.23. The summed E-state index contributed by atoms with van der Waals surface area (Å²) in [7, 11) is 1.31. The Bertz CT molecular complexity index is 1230. The number of carbonyl (C=O) groups is 2. The number of Topliss-reactive ketones (excluding diaryl/α,β-unsaturated/α-hetero) is 1. The SMILES string of the molecule is COc1ccc(C(O)=C2C(=O)C(=O)N(Cc3ccncc3)C2c2cccc(O)c2)cc1F. The minimum absolute atomic E-state index is 0.0235. The Morgan fingerprint density at radius 3 is 2.53 bits per heavy atom. The Morgan fingerprint density at radius 1 is 1.12 bits per heavy atom. The summed E-state index contributed by atoms with van der Waals surface area (Å²) in [5.41, 5.74) is 0.978. The number of aliphatic hydroxyl groups excluding tert-OH is 1. The maximum absolute atomic E-state index is 14.2. The average Bonchev–Trinajstić information content (AvgIpc) is 3.04. The van der Waals surface area contributed by atoms with Crippen molar-refractivity contribution in [3.05, 3.63) is 95.1 Å². The summed E-state index contributed by atoms with van der Waals surface area (Å²) >= 11 is 0. The highest BCUT2D eigenvalue weighted by atomic mass is 19.1. The molecule has 3 aromatic rings. The molecule has 1 unspecified atom stereocenters. The monoisotopic (exact) mass is 434 g/mol. The van der Waals surface area contributed by atoms with Gasteiger partial charge in [0.1, 0.15) is 11.5 Å². The third kappa shape index (κ3) is 3.78. The van der Waals surface area contributed by atoms with Gasteiger partial charge in [-0.05, 0) is 53.6 Å². The van der Waals surface area contributed by atoms with Gasteiger partial charge >= 0.3 is 0 Å². The second-order valence-corrected chi connectivity index (χ2v) is 7.23. The molecule has 0 saturated carbocycles. The first-order valence-corrected chi connectivity index (χ1v) is 9.71. The number of ketones is 1. The number of pyridine rings is 1. The molecule has 1 atom stereocenters. The van der Waals surface area contributed by atoms with E-state index in [0.717, 1.165) is 11.6 Å². The molecule has 1 aliphatic rings. The van der Waals surface area contributed by atoms with Gasteiger partial charge in [0.15, 0.2) is 11.6 Å². The molecule has 4 rings (SSSR count). The van der Waals surface area contributed by atoms with Crippen LogP contribution in [0.2, 0.25) is 0 Å². The van der Waals surface area contributed by atoms with E-state index < -0.39 is 29.3 Å². The van der Waals surface area contributed by atoms with Crippen LogP contribution in [-0.4, -0.2) is 38.9 Å².